The minimum absolute atomic E-state index is 0.177. The average Bonchev–Trinajstić information content (AvgIpc) is 3.59. The predicted octanol–water partition coefficient (Wildman–Crippen LogP) is 4.46. The molecule has 7 rings (SSSR count). The van der Waals surface area contributed by atoms with Gasteiger partial charge in [-0.25, -0.2) is 14.4 Å². The normalized spacial score (nSPS) is 13.8. The first-order valence-corrected chi connectivity index (χ1v) is 13.8. The Labute approximate surface area is 241 Å². The molecule has 1 aliphatic rings. The van der Waals surface area contributed by atoms with Crippen LogP contribution in [-0.2, 0) is 0 Å². The topological polar surface area (TPSA) is 125 Å². The number of likely N-dealkylation sites (N-methyl/N-ethyl adjacent to an activating group) is 1. The van der Waals surface area contributed by atoms with Gasteiger partial charge in [-0.05, 0) is 61.6 Å². The van der Waals surface area contributed by atoms with Gasteiger partial charge in [-0.1, -0.05) is 6.07 Å². The fraction of sp³-hybridized carbons (Fsp3) is 0.226. The van der Waals surface area contributed by atoms with Crippen LogP contribution in [0.25, 0.3) is 55.7 Å². The fourth-order valence-corrected chi connectivity index (χ4v) is 5.28. The molecule has 1 aliphatic heterocycles. The molecule has 10 nitrogen and oxygen atoms in total. The lowest BCUT2D eigenvalue weighted by Gasteiger charge is -2.37. The van der Waals surface area contributed by atoms with E-state index >= 15 is 0 Å². The molecule has 212 valence electrons. The minimum Gasteiger partial charge on any atom is -0.492 e. The van der Waals surface area contributed by atoms with Crippen molar-refractivity contribution in [1.29, 1.82) is 0 Å². The zero-order valence-corrected chi connectivity index (χ0v) is 23.3. The van der Waals surface area contributed by atoms with E-state index in [9.17, 15) is 4.39 Å². The molecule has 42 heavy (non-hydrogen) atoms. The Morgan fingerprint density at radius 3 is 2.76 bits per heavy atom. The summed E-state index contributed by atoms with van der Waals surface area (Å²) in [7, 11) is 3.94. The van der Waals surface area contributed by atoms with Crippen molar-refractivity contribution >= 4 is 27.8 Å². The number of nitrogens with one attached hydrogen (secondary N) is 2. The van der Waals surface area contributed by atoms with Crippen LogP contribution < -0.4 is 15.4 Å². The van der Waals surface area contributed by atoms with Crippen LogP contribution in [0.1, 0.15) is 0 Å². The van der Waals surface area contributed by atoms with Crippen LogP contribution >= 0.6 is 0 Å². The van der Waals surface area contributed by atoms with E-state index in [0.29, 0.717) is 23.6 Å². The van der Waals surface area contributed by atoms with Crippen LogP contribution in [-0.4, -0.2) is 81.4 Å². The van der Waals surface area contributed by atoms with E-state index in [1.165, 1.54) is 12.1 Å². The molecule has 0 bridgehead atoms. The van der Waals surface area contributed by atoms with Crippen molar-refractivity contribution in [3.8, 4) is 39.5 Å². The number of ether oxygens (including phenoxy) is 1. The molecule has 4 aromatic heterocycles. The molecule has 0 saturated carbocycles. The van der Waals surface area contributed by atoms with Crippen LogP contribution in [0, 0.1) is 5.82 Å². The number of H-pyrrole nitrogens is 2. The van der Waals surface area contributed by atoms with Gasteiger partial charge in [-0.15, -0.1) is 0 Å². The summed E-state index contributed by atoms with van der Waals surface area (Å²) in [5.41, 5.74) is 12.3. The van der Waals surface area contributed by atoms with Crippen molar-refractivity contribution in [2.45, 2.75) is 6.04 Å². The predicted molar refractivity (Wildman–Crippen MR) is 162 cm³/mol. The summed E-state index contributed by atoms with van der Waals surface area (Å²) >= 11 is 0. The number of nitrogens with zero attached hydrogens (tertiary/aromatic N) is 6. The van der Waals surface area contributed by atoms with E-state index in [-0.39, 0.29) is 11.9 Å². The minimum atomic E-state index is -0.358. The molecule has 5 heterocycles. The Kier molecular flexibility index (Phi) is 6.52. The first kappa shape index (κ1) is 26.1. The summed E-state index contributed by atoms with van der Waals surface area (Å²) < 4.78 is 20.5. The zero-order chi connectivity index (χ0) is 28.8. The van der Waals surface area contributed by atoms with E-state index in [4.69, 9.17) is 15.5 Å². The first-order chi connectivity index (χ1) is 20.4. The maximum atomic E-state index is 14.6. The molecular weight excluding hydrogens is 533 g/mol. The first-order valence-electron chi connectivity index (χ1n) is 13.8. The van der Waals surface area contributed by atoms with Crippen LogP contribution in [0.2, 0.25) is 0 Å². The van der Waals surface area contributed by atoms with Gasteiger partial charge in [0.25, 0.3) is 0 Å². The lowest BCUT2D eigenvalue weighted by Crippen LogP contribution is -2.56. The quantitative estimate of drug-likeness (QED) is 0.248. The number of pyridine rings is 1. The van der Waals surface area contributed by atoms with Crippen LogP contribution in [0.4, 0.5) is 10.2 Å². The van der Waals surface area contributed by atoms with E-state index in [1.54, 1.807) is 18.6 Å². The monoisotopic (exact) mass is 563 g/mol. The Morgan fingerprint density at radius 1 is 1.05 bits per heavy atom. The Balaban J connectivity index is 1.24. The molecule has 11 heteroatoms. The third-order valence-corrected chi connectivity index (χ3v) is 7.49. The number of rotatable bonds is 8. The maximum Gasteiger partial charge on any atom is 0.147 e. The van der Waals surface area contributed by atoms with Gasteiger partial charge in [0.2, 0.25) is 0 Å². The molecule has 6 aromatic rings. The van der Waals surface area contributed by atoms with Crippen LogP contribution in [0.3, 0.4) is 0 Å². The second-order valence-corrected chi connectivity index (χ2v) is 10.9. The number of nitrogens with two attached hydrogens (primary N) is 1. The van der Waals surface area contributed by atoms with Gasteiger partial charge in [0, 0.05) is 54.3 Å². The number of hydrogen-bond acceptors (Lipinski definition) is 8. The highest BCUT2D eigenvalue weighted by molar-refractivity contribution is 6.00. The summed E-state index contributed by atoms with van der Waals surface area (Å²) in [6, 6.07) is 14.9. The smallest absolute Gasteiger partial charge is 0.147 e. The highest BCUT2D eigenvalue weighted by atomic mass is 19.1. The number of benzene rings is 2. The molecule has 0 spiro atoms. The summed E-state index contributed by atoms with van der Waals surface area (Å²) in [6.45, 7) is 2.75. The number of aromatic amines is 2. The summed E-state index contributed by atoms with van der Waals surface area (Å²) in [5.74, 6) is 0.949. The van der Waals surface area contributed by atoms with Crippen molar-refractivity contribution < 1.29 is 9.13 Å². The number of halogens is 1. The number of anilines is 1. The molecule has 0 unspecified atom stereocenters. The van der Waals surface area contributed by atoms with Crippen molar-refractivity contribution in [3.63, 3.8) is 0 Å². The molecule has 1 fully saturated rings. The van der Waals surface area contributed by atoms with E-state index in [1.807, 2.05) is 49.3 Å². The number of aromatic nitrogens is 6. The van der Waals surface area contributed by atoms with Crippen molar-refractivity contribution in [3.05, 3.63) is 72.9 Å². The van der Waals surface area contributed by atoms with Crippen molar-refractivity contribution in [2.24, 2.45) is 5.73 Å². The third-order valence-electron chi connectivity index (χ3n) is 7.49. The van der Waals surface area contributed by atoms with E-state index < -0.39 is 0 Å². The molecule has 0 amide bonds. The second kappa shape index (κ2) is 10.5. The molecule has 0 aliphatic carbocycles. The molecule has 0 radical (unpaired) electrons. The van der Waals surface area contributed by atoms with Crippen molar-refractivity contribution in [2.75, 3.05) is 45.2 Å². The average molecular weight is 564 g/mol. The summed E-state index contributed by atoms with van der Waals surface area (Å²) in [5, 5.41) is 9.55. The van der Waals surface area contributed by atoms with Gasteiger partial charge < -0.3 is 25.3 Å². The van der Waals surface area contributed by atoms with Gasteiger partial charge in [-0.2, -0.15) is 5.10 Å². The molecular formula is C31H30FN9O. The standard InChI is InChI=1S/C31H30FN9O/c1-40(2)7-8-42-22-10-19(9-20(32)12-22)23-5-6-35-31-24(23)13-27(37-31)30-25-11-18(3-4-26(25)38-39-30)28-14-34-15-29(36-28)41-16-21(33)17-41/h3-6,9-15,21H,7-8,16-17,33H2,1-2H3,(H,35,37)(H,38,39). The molecule has 4 N–H and O–H groups in total. The highest BCUT2D eigenvalue weighted by Crippen LogP contribution is 2.36. The van der Waals surface area contributed by atoms with E-state index in [0.717, 1.165) is 69.9 Å². The fourth-order valence-electron chi connectivity index (χ4n) is 5.28. The lowest BCUT2D eigenvalue weighted by atomic mass is 10.0. The summed E-state index contributed by atoms with van der Waals surface area (Å²) in [4.78, 5) is 21.3. The van der Waals surface area contributed by atoms with Crippen LogP contribution in [0.15, 0.2) is 67.1 Å². The van der Waals surface area contributed by atoms with Crippen molar-refractivity contribution in [1.82, 2.24) is 35.0 Å². The Morgan fingerprint density at radius 2 is 1.93 bits per heavy atom. The SMILES string of the molecule is CN(C)CCOc1cc(F)cc(-c2ccnc3[nH]c(-c4n[nH]c5ccc(-c6cncc(N7CC(N)C7)n6)cc45)cc23)c1. The molecule has 2 aromatic carbocycles. The third kappa shape index (κ3) is 4.93. The largest absolute Gasteiger partial charge is 0.492 e. The maximum absolute atomic E-state index is 14.6. The van der Waals surface area contributed by atoms with Gasteiger partial charge >= 0.3 is 0 Å². The summed E-state index contributed by atoms with van der Waals surface area (Å²) in [6.07, 6.45) is 5.25. The second-order valence-electron chi connectivity index (χ2n) is 10.9. The zero-order valence-electron chi connectivity index (χ0n) is 23.3. The Bertz CT molecular complexity index is 1910. The number of fused-ring (bicyclic) bond motifs is 2. The van der Waals surface area contributed by atoms with Gasteiger partial charge in [-0.3, -0.25) is 10.1 Å². The lowest BCUT2D eigenvalue weighted by molar-refractivity contribution is 0.260. The van der Waals surface area contributed by atoms with Gasteiger partial charge in [0.1, 0.15) is 35.3 Å². The van der Waals surface area contributed by atoms with Gasteiger partial charge in [0.15, 0.2) is 0 Å². The number of hydrogen-bond donors (Lipinski definition) is 3. The van der Waals surface area contributed by atoms with Gasteiger partial charge in [0.05, 0.1) is 29.3 Å². The molecule has 0 atom stereocenters. The van der Waals surface area contributed by atoms with Crippen LogP contribution in [0.5, 0.6) is 5.75 Å². The highest BCUT2D eigenvalue weighted by Gasteiger charge is 2.25. The Hall–Kier alpha value is -4.87. The van der Waals surface area contributed by atoms with E-state index in [2.05, 4.69) is 36.1 Å². The molecule has 1 saturated heterocycles.